The van der Waals surface area contributed by atoms with Gasteiger partial charge in [0.1, 0.15) is 0 Å². The molecule has 0 aliphatic heterocycles. The topological polar surface area (TPSA) is 46.2 Å². The molecular formula is C17H15ClF3NO2S. The molecule has 0 radical (unpaired) electrons. The van der Waals surface area contributed by atoms with Crippen LogP contribution in [0.2, 0.25) is 0 Å². The normalized spacial score (nSPS) is 13.4. The van der Waals surface area contributed by atoms with Gasteiger partial charge < -0.3 is 0 Å². The number of halogens is 4. The summed E-state index contributed by atoms with van der Waals surface area (Å²) in [5.41, 5.74) is 0.375. The van der Waals surface area contributed by atoms with Crippen molar-refractivity contribution in [2.75, 3.05) is 4.72 Å². The van der Waals surface area contributed by atoms with E-state index in [0.717, 1.165) is 12.5 Å². The second kappa shape index (κ2) is 7.09. The van der Waals surface area contributed by atoms with Crippen molar-refractivity contribution in [2.24, 2.45) is 0 Å². The van der Waals surface area contributed by atoms with Gasteiger partial charge in [-0.2, -0.15) is 13.2 Å². The zero-order valence-electron chi connectivity index (χ0n) is 13.4. The van der Waals surface area contributed by atoms with E-state index in [2.05, 4.69) is 4.72 Å². The molecule has 0 saturated carbocycles. The average molecular weight is 390 g/mol. The lowest BCUT2D eigenvalue weighted by Crippen LogP contribution is -2.13. The Balaban J connectivity index is 2.25. The van der Waals surface area contributed by atoms with E-state index in [0.29, 0.717) is 0 Å². The van der Waals surface area contributed by atoms with Crippen LogP contribution < -0.4 is 4.72 Å². The number of benzene rings is 2. The van der Waals surface area contributed by atoms with Crippen molar-refractivity contribution >= 4 is 32.3 Å². The minimum absolute atomic E-state index is 0.0908. The molecule has 0 spiro atoms. The highest BCUT2D eigenvalue weighted by atomic mass is 35.5. The molecule has 134 valence electrons. The molecule has 0 amide bonds. The van der Waals surface area contributed by atoms with Crippen LogP contribution in [0.3, 0.4) is 0 Å². The van der Waals surface area contributed by atoms with Gasteiger partial charge in [0.05, 0.1) is 9.93 Å². The number of anilines is 1. The standard InChI is InChI=1S/C17H15ClF3NO2S/c1-11-3-9-15(10-4-11)25(23,24)22-14-7-5-13(6-8-14)16(18)12(2)17(19,20)21/h3-10,22H,1-2H3/b16-12+. The average Bonchev–Trinajstić information content (AvgIpc) is 2.53. The Kier molecular flexibility index (Phi) is 5.49. The van der Waals surface area contributed by atoms with Crippen molar-refractivity contribution in [1.29, 1.82) is 0 Å². The van der Waals surface area contributed by atoms with E-state index in [4.69, 9.17) is 11.6 Å². The fourth-order valence-corrected chi connectivity index (χ4v) is 3.25. The van der Waals surface area contributed by atoms with E-state index in [1.54, 1.807) is 12.1 Å². The summed E-state index contributed by atoms with van der Waals surface area (Å²) in [6.45, 7) is 2.72. The molecule has 0 bridgehead atoms. The number of hydrogen-bond donors (Lipinski definition) is 1. The molecule has 0 unspecified atom stereocenters. The lowest BCUT2D eigenvalue weighted by Gasteiger charge is -2.11. The molecule has 8 heteroatoms. The minimum Gasteiger partial charge on any atom is -0.280 e. The molecule has 0 atom stereocenters. The molecule has 0 aliphatic carbocycles. The van der Waals surface area contributed by atoms with Gasteiger partial charge in [0.25, 0.3) is 10.0 Å². The maximum absolute atomic E-state index is 12.7. The van der Waals surface area contributed by atoms with Crippen molar-refractivity contribution in [2.45, 2.75) is 24.9 Å². The molecule has 0 aromatic heterocycles. The summed E-state index contributed by atoms with van der Waals surface area (Å²) in [5.74, 6) is 0. The SMILES string of the molecule is C/C(=C(\Cl)c1ccc(NS(=O)(=O)c2ccc(C)cc2)cc1)C(F)(F)F. The van der Waals surface area contributed by atoms with E-state index >= 15 is 0 Å². The molecule has 2 aromatic carbocycles. The molecule has 2 aromatic rings. The number of rotatable bonds is 4. The second-order valence-electron chi connectivity index (χ2n) is 5.43. The van der Waals surface area contributed by atoms with Crippen LogP contribution in [0.4, 0.5) is 18.9 Å². The minimum atomic E-state index is -4.53. The van der Waals surface area contributed by atoms with Crippen LogP contribution in [0.15, 0.2) is 59.0 Å². The van der Waals surface area contributed by atoms with Crippen molar-refractivity contribution in [1.82, 2.24) is 0 Å². The maximum Gasteiger partial charge on any atom is 0.413 e. The Hall–Kier alpha value is -1.99. The van der Waals surface area contributed by atoms with E-state index in [9.17, 15) is 21.6 Å². The second-order valence-corrected chi connectivity index (χ2v) is 7.49. The Bertz CT molecular complexity index is 887. The van der Waals surface area contributed by atoms with Crippen molar-refractivity contribution < 1.29 is 21.6 Å². The van der Waals surface area contributed by atoms with Crippen LogP contribution in [0, 0.1) is 6.92 Å². The van der Waals surface area contributed by atoms with E-state index in [1.807, 2.05) is 6.92 Å². The molecule has 0 fully saturated rings. The van der Waals surface area contributed by atoms with E-state index < -0.39 is 26.8 Å². The Morgan fingerprint density at radius 2 is 1.52 bits per heavy atom. The largest absolute Gasteiger partial charge is 0.413 e. The zero-order chi connectivity index (χ0) is 18.8. The monoisotopic (exact) mass is 389 g/mol. The maximum atomic E-state index is 12.7. The first-order valence-corrected chi connectivity index (χ1v) is 9.00. The van der Waals surface area contributed by atoms with Gasteiger partial charge in [-0.3, -0.25) is 4.72 Å². The Morgan fingerprint density at radius 3 is 2.00 bits per heavy atom. The first kappa shape index (κ1) is 19.3. The quantitative estimate of drug-likeness (QED) is 0.768. The van der Waals surface area contributed by atoms with Crippen LogP contribution in [-0.4, -0.2) is 14.6 Å². The lowest BCUT2D eigenvalue weighted by atomic mass is 10.1. The van der Waals surface area contributed by atoms with Gasteiger partial charge in [-0.25, -0.2) is 8.42 Å². The van der Waals surface area contributed by atoms with Crippen LogP contribution in [0.5, 0.6) is 0 Å². The summed E-state index contributed by atoms with van der Waals surface area (Å²) in [4.78, 5) is 0.0908. The number of alkyl halides is 3. The predicted octanol–water partition coefficient (Wildman–Crippen LogP) is 5.33. The molecular weight excluding hydrogens is 375 g/mol. The summed E-state index contributed by atoms with van der Waals surface area (Å²) < 4.78 is 64.9. The number of hydrogen-bond acceptors (Lipinski definition) is 2. The molecule has 0 saturated heterocycles. The number of nitrogens with one attached hydrogen (secondary N) is 1. The summed E-state index contributed by atoms with van der Waals surface area (Å²) in [6, 6.07) is 11.6. The highest BCUT2D eigenvalue weighted by Crippen LogP contribution is 2.34. The van der Waals surface area contributed by atoms with Gasteiger partial charge in [0, 0.05) is 11.3 Å². The highest BCUT2D eigenvalue weighted by molar-refractivity contribution is 7.92. The van der Waals surface area contributed by atoms with Crippen LogP contribution >= 0.6 is 11.6 Å². The summed E-state index contributed by atoms with van der Waals surface area (Å²) in [6.07, 6.45) is -4.53. The van der Waals surface area contributed by atoms with Gasteiger partial charge in [0.2, 0.25) is 0 Å². The summed E-state index contributed by atoms with van der Waals surface area (Å²) in [5, 5.41) is -0.430. The fourth-order valence-electron chi connectivity index (χ4n) is 1.96. The third-order valence-corrected chi connectivity index (χ3v) is 5.38. The molecule has 1 N–H and O–H groups in total. The van der Waals surface area contributed by atoms with Crippen LogP contribution in [-0.2, 0) is 10.0 Å². The first-order chi connectivity index (χ1) is 11.5. The molecule has 0 heterocycles. The Morgan fingerprint density at radius 1 is 1.00 bits per heavy atom. The number of allylic oxidation sites excluding steroid dienone is 1. The number of sulfonamides is 1. The first-order valence-electron chi connectivity index (χ1n) is 7.14. The van der Waals surface area contributed by atoms with E-state index in [1.165, 1.54) is 36.4 Å². The zero-order valence-corrected chi connectivity index (χ0v) is 14.9. The van der Waals surface area contributed by atoms with Crippen molar-refractivity contribution in [3.63, 3.8) is 0 Å². The van der Waals surface area contributed by atoms with E-state index in [-0.39, 0.29) is 16.1 Å². The van der Waals surface area contributed by atoms with Gasteiger partial charge >= 0.3 is 6.18 Å². The van der Waals surface area contributed by atoms with Crippen molar-refractivity contribution in [3.05, 3.63) is 65.2 Å². The van der Waals surface area contributed by atoms with Crippen LogP contribution in [0.1, 0.15) is 18.1 Å². The molecule has 25 heavy (non-hydrogen) atoms. The van der Waals surface area contributed by atoms with Gasteiger partial charge in [0.15, 0.2) is 0 Å². The molecule has 0 aliphatic rings. The highest BCUT2D eigenvalue weighted by Gasteiger charge is 2.32. The van der Waals surface area contributed by atoms with Gasteiger partial charge in [-0.1, -0.05) is 41.4 Å². The third-order valence-electron chi connectivity index (χ3n) is 3.48. The van der Waals surface area contributed by atoms with Crippen molar-refractivity contribution in [3.8, 4) is 0 Å². The van der Waals surface area contributed by atoms with Gasteiger partial charge in [-0.15, -0.1) is 0 Å². The summed E-state index contributed by atoms with van der Waals surface area (Å²) >= 11 is 5.76. The van der Waals surface area contributed by atoms with Crippen LogP contribution in [0.25, 0.3) is 5.03 Å². The summed E-state index contributed by atoms with van der Waals surface area (Å²) in [7, 11) is -3.78. The smallest absolute Gasteiger partial charge is 0.280 e. The third kappa shape index (κ3) is 4.76. The fraction of sp³-hybridized carbons (Fsp3) is 0.176. The number of aryl methyl sites for hydroxylation is 1. The predicted molar refractivity (Wildman–Crippen MR) is 92.9 cm³/mol. The van der Waals surface area contributed by atoms with Gasteiger partial charge in [-0.05, 0) is 43.7 Å². The molecule has 3 nitrogen and oxygen atoms in total. The molecule has 2 rings (SSSR count). The Labute approximate surface area is 149 Å². The lowest BCUT2D eigenvalue weighted by molar-refractivity contribution is -0.0905.